The van der Waals surface area contributed by atoms with Crippen molar-refractivity contribution in [2.45, 2.75) is 38.3 Å². The van der Waals surface area contributed by atoms with E-state index in [1.54, 1.807) is 7.11 Å². The summed E-state index contributed by atoms with van der Waals surface area (Å²) in [4.78, 5) is 0. The molecule has 78 valence electrons. The Labute approximate surface area is 80.8 Å². The molecule has 1 atom stereocenters. The Morgan fingerprint density at radius 3 is 2.69 bits per heavy atom. The van der Waals surface area contributed by atoms with Gasteiger partial charge in [0, 0.05) is 13.7 Å². The fourth-order valence-corrected chi connectivity index (χ4v) is 2.10. The third-order valence-corrected chi connectivity index (χ3v) is 3.05. The molecular weight excluding hydrogens is 166 g/mol. The molecular formula is C10H21NO2. The van der Waals surface area contributed by atoms with Gasteiger partial charge < -0.3 is 14.8 Å². The summed E-state index contributed by atoms with van der Waals surface area (Å²) >= 11 is 0. The van der Waals surface area contributed by atoms with E-state index in [-0.39, 0.29) is 5.60 Å². The van der Waals surface area contributed by atoms with E-state index in [4.69, 9.17) is 9.47 Å². The van der Waals surface area contributed by atoms with Gasteiger partial charge in [-0.1, -0.05) is 13.8 Å². The molecule has 0 radical (unpaired) electrons. The Kier molecular flexibility index (Phi) is 4.16. The van der Waals surface area contributed by atoms with Gasteiger partial charge in [0.15, 0.2) is 0 Å². The van der Waals surface area contributed by atoms with Crippen molar-refractivity contribution in [1.29, 1.82) is 0 Å². The molecule has 0 spiro atoms. The Balaban J connectivity index is 2.63. The highest BCUT2D eigenvalue weighted by atomic mass is 16.5. The molecule has 1 fully saturated rings. The van der Waals surface area contributed by atoms with Crippen LogP contribution >= 0.6 is 0 Å². The second-order valence-electron chi connectivity index (χ2n) is 3.58. The van der Waals surface area contributed by atoms with Crippen molar-refractivity contribution >= 4 is 0 Å². The van der Waals surface area contributed by atoms with Gasteiger partial charge in [-0.15, -0.1) is 0 Å². The van der Waals surface area contributed by atoms with Crippen LogP contribution in [0, 0.1) is 0 Å². The van der Waals surface area contributed by atoms with Crippen LogP contribution in [0.3, 0.4) is 0 Å². The number of nitrogens with one attached hydrogen (secondary N) is 1. The predicted octanol–water partition coefficient (Wildman–Crippen LogP) is 1.18. The van der Waals surface area contributed by atoms with E-state index in [0.29, 0.717) is 6.04 Å². The molecule has 0 saturated carbocycles. The van der Waals surface area contributed by atoms with Crippen LogP contribution in [-0.2, 0) is 9.47 Å². The van der Waals surface area contributed by atoms with Gasteiger partial charge in [0.1, 0.15) is 0 Å². The van der Waals surface area contributed by atoms with Crippen LogP contribution in [-0.4, -0.2) is 38.5 Å². The maximum absolute atomic E-state index is 5.89. The first-order chi connectivity index (χ1) is 6.29. The zero-order valence-electron chi connectivity index (χ0n) is 8.93. The number of rotatable bonds is 4. The standard InChI is InChI=1S/C10H21NO2/c1-4-10(5-2)9(8-12-3)11-6-7-13-10/h9,11H,4-8H2,1-3H3. The van der Waals surface area contributed by atoms with Gasteiger partial charge in [0.2, 0.25) is 0 Å². The molecule has 1 heterocycles. The van der Waals surface area contributed by atoms with E-state index in [0.717, 1.165) is 32.6 Å². The molecule has 0 aliphatic carbocycles. The van der Waals surface area contributed by atoms with Crippen LogP contribution in [0.5, 0.6) is 0 Å². The molecule has 0 bridgehead atoms. The minimum atomic E-state index is -0.00569. The first-order valence-corrected chi connectivity index (χ1v) is 5.15. The first kappa shape index (κ1) is 11.0. The Hall–Kier alpha value is -0.120. The second kappa shape index (κ2) is 4.94. The molecule has 1 rings (SSSR count). The predicted molar refractivity (Wildman–Crippen MR) is 52.9 cm³/mol. The van der Waals surface area contributed by atoms with Crippen LogP contribution in [0.4, 0.5) is 0 Å². The zero-order chi connectivity index (χ0) is 9.73. The fourth-order valence-electron chi connectivity index (χ4n) is 2.10. The number of ether oxygens (including phenoxy) is 2. The highest BCUT2D eigenvalue weighted by molar-refractivity contribution is 4.94. The lowest BCUT2D eigenvalue weighted by Crippen LogP contribution is -2.59. The monoisotopic (exact) mass is 187 g/mol. The van der Waals surface area contributed by atoms with Gasteiger partial charge in [0.25, 0.3) is 0 Å². The largest absolute Gasteiger partial charge is 0.383 e. The van der Waals surface area contributed by atoms with Crippen molar-refractivity contribution in [3.8, 4) is 0 Å². The Bertz CT molecular complexity index is 144. The summed E-state index contributed by atoms with van der Waals surface area (Å²) in [7, 11) is 1.74. The summed E-state index contributed by atoms with van der Waals surface area (Å²) in [6.45, 7) is 6.86. The van der Waals surface area contributed by atoms with Crippen molar-refractivity contribution in [3.05, 3.63) is 0 Å². The van der Waals surface area contributed by atoms with Gasteiger partial charge in [0.05, 0.1) is 24.9 Å². The SMILES string of the molecule is CCC1(CC)OCCNC1COC. The molecule has 1 unspecified atom stereocenters. The topological polar surface area (TPSA) is 30.5 Å². The van der Waals surface area contributed by atoms with E-state index >= 15 is 0 Å². The molecule has 1 aliphatic rings. The van der Waals surface area contributed by atoms with E-state index in [1.165, 1.54) is 0 Å². The van der Waals surface area contributed by atoms with Crippen molar-refractivity contribution in [1.82, 2.24) is 5.32 Å². The van der Waals surface area contributed by atoms with Crippen LogP contribution in [0.25, 0.3) is 0 Å². The zero-order valence-corrected chi connectivity index (χ0v) is 8.93. The molecule has 1 N–H and O–H groups in total. The quantitative estimate of drug-likeness (QED) is 0.717. The first-order valence-electron chi connectivity index (χ1n) is 5.15. The summed E-state index contributed by atoms with van der Waals surface area (Å²) in [6, 6.07) is 0.348. The smallest absolute Gasteiger partial charge is 0.0852 e. The van der Waals surface area contributed by atoms with Crippen molar-refractivity contribution < 1.29 is 9.47 Å². The highest BCUT2D eigenvalue weighted by Gasteiger charge is 2.38. The van der Waals surface area contributed by atoms with Crippen molar-refractivity contribution in [2.75, 3.05) is 26.9 Å². The maximum atomic E-state index is 5.89. The molecule has 3 heteroatoms. The molecule has 1 saturated heterocycles. The third-order valence-electron chi connectivity index (χ3n) is 3.05. The summed E-state index contributed by atoms with van der Waals surface area (Å²) < 4.78 is 11.1. The maximum Gasteiger partial charge on any atom is 0.0852 e. The van der Waals surface area contributed by atoms with Crippen LogP contribution in [0.15, 0.2) is 0 Å². The Morgan fingerprint density at radius 1 is 1.46 bits per heavy atom. The number of hydrogen-bond donors (Lipinski definition) is 1. The van der Waals surface area contributed by atoms with Crippen LogP contribution < -0.4 is 5.32 Å². The third kappa shape index (κ3) is 2.22. The lowest BCUT2D eigenvalue weighted by molar-refractivity contribution is -0.114. The molecule has 0 aromatic heterocycles. The van der Waals surface area contributed by atoms with Gasteiger partial charge >= 0.3 is 0 Å². The van der Waals surface area contributed by atoms with Crippen LogP contribution in [0.1, 0.15) is 26.7 Å². The van der Waals surface area contributed by atoms with Gasteiger partial charge in [-0.25, -0.2) is 0 Å². The normalized spacial score (nSPS) is 27.5. The molecule has 0 aromatic carbocycles. The minimum absolute atomic E-state index is 0.00569. The minimum Gasteiger partial charge on any atom is -0.383 e. The summed E-state index contributed by atoms with van der Waals surface area (Å²) in [6.07, 6.45) is 2.09. The summed E-state index contributed by atoms with van der Waals surface area (Å²) in [5, 5.41) is 3.46. The average molecular weight is 187 g/mol. The van der Waals surface area contributed by atoms with Crippen LogP contribution in [0.2, 0.25) is 0 Å². The Morgan fingerprint density at radius 2 is 2.15 bits per heavy atom. The van der Waals surface area contributed by atoms with E-state index in [1.807, 2.05) is 0 Å². The summed E-state index contributed by atoms with van der Waals surface area (Å²) in [5.74, 6) is 0. The van der Waals surface area contributed by atoms with Gasteiger partial charge in [-0.05, 0) is 12.8 Å². The van der Waals surface area contributed by atoms with Crippen molar-refractivity contribution in [3.63, 3.8) is 0 Å². The van der Waals surface area contributed by atoms with E-state index in [2.05, 4.69) is 19.2 Å². The number of hydrogen-bond acceptors (Lipinski definition) is 3. The summed E-state index contributed by atoms with van der Waals surface area (Å²) in [5.41, 5.74) is -0.00569. The molecule has 3 nitrogen and oxygen atoms in total. The lowest BCUT2D eigenvalue weighted by Gasteiger charge is -2.43. The van der Waals surface area contributed by atoms with Crippen molar-refractivity contribution in [2.24, 2.45) is 0 Å². The van der Waals surface area contributed by atoms with Gasteiger partial charge in [-0.3, -0.25) is 0 Å². The molecule has 0 aromatic rings. The number of morpholine rings is 1. The fraction of sp³-hybridized carbons (Fsp3) is 1.00. The van der Waals surface area contributed by atoms with E-state index < -0.39 is 0 Å². The van der Waals surface area contributed by atoms with Gasteiger partial charge in [-0.2, -0.15) is 0 Å². The lowest BCUT2D eigenvalue weighted by atomic mass is 9.87. The molecule has 13 heavy (non-hydrogen) atoms. The number of methoxy groups -OCH3 is 1. The highest BCUT2D eigenvalue weighted by Crippen LogP contribution is 2.27. The molecule has 1 aliphatic heterocycles. The second-order valence-corrected chi connectivity index (χ2v) is 3.58. The van der Waals surface area contributed by atoms with E-state index in [9.17, 15) is 0 Å². The average Bonchev–Trinajstić information content (AvgIpc) is 2.20. The molecule has 0 amide bonds.